The largest absolute Gasteiger partial charge is 0.496 e. The van der Waals surface area contributed by atoms with Crippen LogP contribution in [0.3, 0.4) is 0 Å². The number of benzene rings is 1. The number of hydrogen-bond acceptors (Lipinski definition) is 4. The highest BCUT2D eigenvalue weighted by Crippen LogP contribution is 2.28. The minimum absolute atomic E-state index is 0.243. The van der Waals surface area contributed by atoms with Crippen molar-refractivity contribution in [1.82, 2.24) is 4.90 Å². The Morgan fingerprint density at radius 2 is 2.24 bits per heavy atom. The van der Waals surface area contributed by atoms with E-state index in [4.69, 9.17) is 27.8 Å². The van der Waals surface area contributed by atoms with Gasteiger partial charge < -0.3 is 15.6 Å². The lowest BCUT2D eigenvalue weighted by molar-refractivity contribution is 0.109. The van der Waals surface area contributed by atoms with Gasteiger partial charge in [-0.25, -0.2) is 0 Å². The first kappa shape index (κ1) is 16.2. The smallest absolute Gasteiger partial charge is 0.129 e. The molecule has 3 N–H and O–H groups in total. The number of nitrogens with two attached hydrogens (primary N) is 1. The molecule has 0 amide bonds. The van der Waals surface area contributed by atoms with Gasteiger partial charge in [0.2, 0.25) is 0 Å². The van der Waals surface area contributed by atoms with E-state index in [0.29, 0.717) is 11.0 Å². The summed E-state index contributed by atoms with van der Waals surface area (Å²) in [6.07, 6.45) is 4.64. The van der Waals surface area contributed by atoms with Crippen molar-refractivity contribution < 1.29 is 9.84 Å². The summed E-state index contributed by atoms with van der Waals surface area (Å²) < 4.78 is 5.38. The molecule has 1 aromatic carbocycles. The van der Waals surface area contributed by atoms with Gasteiger partial charge in [0.05, 0.1) is 12.7 Å². The SMILES string of the molecule is COc1cc(CN(CCCO)C2CCC2)ccc1C(N)=S. The Labute approximate surface area is 131 Å². The molecule has 1 saturated carbocycles. The first-order chi connectivity index (χ1) is 10.2. The zero-order valence-corrected chi connectivity index (χ0v) is 13.4. The van der Waals surface area contributed by atoms with Crippen molar-refractivity contribution in [2.24, 2.45) is 5.73 Å². The van der Waals surface area contributed by atoms with Crippen LogP contribution >= 0.6 is 12.2 Å². The Morgan fingerprint density at radius 3 is 2.76 bits per heavy atom. The van der Waals surface area contributed by atoms with Gasteiger partial charge in [-0.3, -0.25) is 4.90 Å². The number of methoxy groups -OCH3 is 1. The monoisotopic (exact) mass is 308 g/mol. The summed E-state index contributed by atoms with van der Waals surface area (Å²) in [6, 6.07) is 6.65. The van der Waals surface area contributed by atoms with Gasteiger partial charge in [0.1, 0.15) is 10.7 Å². The van der Waals surface area contributed by atoms with E-state index >= 15 is 0 Å². The van der Waals surface area contributed by atoms with E-state index in [0.717, 1.165) is 30.8 Å². The molecule has 0 radical (unpaired) electrons. The van der Waals surface area contributed by atoms with Crippen molar-refractivity contribution >= 4 is 17.2 Å². The summed E-state index contributed by atoms with van der Waals surface area (Å²) in [5.74, 6) is 0.732. The zero-order valence-electron chi connectivity index (χ0n) is 12.5. The first-order valence-electron chi connectivity index (χ1n) is 7.47. The molecule has 0 aliphatic heterocycles. The summed E-state index contributed by atoms with van der Waals surface area (Å²) in [5, 5.41) is 9.06. The molecule has 116 valence electrons. The predicted octanol–water partition coefficient (Wildman–Crippen LogP) is 2.07. The number of ether oxygens (including phenoxy) is 1. The van der Waals surface area contributed by atoms with Crippen molar-refractivity contribution in [3.05, 3.63) is 29.3 Å². The molecule has 0 saturated heterocycles. The number of aliphatic hydroxyl groups is 1. The maximum Gasteiger partial charge on any atom is 0.129 e. The molecule has 0 unspecified atom stereocenters. The zero-order chi connectivity index (χ0) is 15.2. The van der Waals surface area contributed by atoms with Crippen LogP contribution in [0.15, 0.2) is 18.2 Å². The van der Waals surface area contributed by atoms with Crippen molar-refractivity contribution in [1.29, 1.82) is 0 Å². The van der Waals surface area contributed by atoms with Crippen LogP contribution in [0.4, 0.5) is 0 Å². The third-order valence-electron chi connectivity index (χ3n) is 4.11. The number of nitrogens with zero attached hydrogens (tertiary/aromatic N) is 1. The Hall–Kier alpha value is -1.17. The molecule has 21 heavy (non-hydrogen) atoms. The van der Waals surface area contributed by atoms with Crippen LogP contribution in [0.2, 0.25) is 0 Å². The van der Waals surface area contributed by atoms with Crippen LogP contribution in [0.1, 0.15) is 36.8 Å². The van der Waals surface area contributed by atoms with Crippen LogP contribution in [-0.4, -0.2) is 41.3 Å². The second-order valence-electron chi connectivity index (χ2n) is 5.53. The predicted molar refractivity (Wildman–Crippen MR) is 88.6 cm³/mol. The maximum atomic E-state index is 9.06. The topological polar surface area (TPSA) is 58.7 Å². The van der Waals surface area contributed by atoms with E-state index < -0.39 is 0 Å². The van der Waals surface area contributed by atoms with Gasteiger partial charge in [-0.1, -0.05) is 24.7 Å². The van der Waals surface area contributed by atoms with Crippen molar-refractivity contribution in [2.45, 2.75) is 38.3 Å². The minimum Gasteiger partial charge on any atom is -0.496 e. The van der Waals surface area contributed by atoms with Crippen LogP contribution in [-0.2, 0) is 6.54 Å². The fourth-order valence-electron chi connectivity index (χ4n) is 2.69. The van der Waals surface area contributed by atoms with Crippen molar-refractivity contribution in [3.8, 4) is 5.75 Å². The number of hydrogen-bond donors (Lipinski definition) is 2. The van der Waals surface area contributed by atoms with E-state index in [2.05, 4.69) is 11.0 Å². The highest BCUT2D eigenvalue weighted by atomic mass is 32.1. The van der Waals surface area contributed by atoms with Crippen LogP contribution in [0, 0.1) is 0 Å². The second-order valence-corrected chi connectivity index (χ2v) is 5.97. The fraction of sp³-hybridized carbons (Fsp3) is 0.562. The molecular formula is C16H24N2O2S. The summed E-state index contributed by atoms with van der Waals surface area (Å²) in [4.78, 5) is 2.81. The third kappa shape index (κ3) is 4.15. The minimum atomic E-state index is 0.243. The normalized spacial score (nSPS) is 15.0. The van der Waals surface area contributed by atoms with Gasteiger partial charge in [-0.15, -0.1) is 0 Å². The molecule has 0 atom stereocenters. The molecule has 0 bridgehead atoms. The maximum absolute atomic E-state index is 9.06. The summed E-state index contributed by atoms with van der Waals surface area (Å²) >= 11 is 5.03. The van der Waals surface area contributed by atoms with Gasteiger partial charge in [-0.05, 0) is 37.0 Å². The van der Waals surface area contributed by atoms with E-state index in [1.165, 1.54) is 24.8 Å². The molecule has 1 aliphatic rings. The molecule has 0 spiro atoms. The van der Waals surface area contributed by atoms with Crippen molar-refractivity contribution in [2.75, 3.05) is 20.3 Å². The molecule has 2 rings (SSSR count). The summed E-state index contributed by atoms with van der Waals surface area (Å²) in [5.41, 5.74) is 7.67. The lowest BCUT2D eigenvalue weighted by Crippen LogP contribution is -2.40. The number of rotatable bonds is 8. The molecule has 5 heteroatoms. The fourth-order valence-corrected chi connectivity index (χ4v) is 2.86. The lowest BCUT2D eigenvalue weighted by atomic mass is 9.91. The molecule has 4 nitrogen and oxygen atoms in total. The van der Waals surface area contributed by atoms with E-state index in [-0.39, 0.29) is 6.61 Å². The van der Waals surface area contributed by atoms with Gasteiger partial charge in [-0.2, -0.15) is 0 Å². The first-order valence-corrected chi connectivity index (χ1v) is 7.88. The molecule has 1 aromatic rings. The van der Waals surface area contributed by atoms with E-state index in [9.17, 15) is 0 Å². The molecule has 0 aromatic heterocycles. The molecule has 0 heterocycles. The van der Waals surface area contributed by atoms with Crippen molar-refractivity contribution in [3.63, 3.8) is 0 Å². The van der Waals surface area contributed by atoms with Gasteiger partial charge >= 0.3 is 0 Å². The molecule has 1 fully saturated rings. The van der Waals surface area contributed by atoms with Crippen LogP contribution in [0.5, 0.6) is 5.75 Å². The molecular weight excluding hydrogens is 284 g/mol. The van der Waals surface area contributed by atoms with Gasteiger partial charge in [0, 0.05) is 25.7 Å². The van der Waals surface area contributed by atoms with Crippen LogP contribution < -0.4 is 10.5 Å². The quantitative estimate of drug-likeness (QED) is 0.720. The second kappa shape index (κ2) is 7.73. The Morgan fingerprint density at radius 1 is 1.48 bits per heavy atom. The Bertz CT molecular complexity index is 489. The van der Waals surface area contributed by atoms with Gasteiger partial charge in [0.25, 0.3) is 0 Å². The number of thiocarbonyl (C=S) groups is 1. The average Bonchev–Trinajstić information content (AvgIpc) is 2.42. The Kier molecular flexibility index (Phi) is 5.96. The van der Waals surface area contributed by atoms with E-state index in [1.807, 2.05) is 12.1 Å². The third-order valence-corrected chi connectivity index (χ3v) is 4.33. The van der Waals surface area contributed by atoms with E-state index in [1.54, 1.807) is 7.11 Å². The van der Waals surface area contributed by atoms with Crippen LogP contribution in [0.25, 0.3) is 0 Å². The average molecular weight is 308 g/mol. The highest BCUT2D eigenvalue weighted by Gasteiger charge is 2.24. The Balaban J connectivity index is 2.10. The van der Waals surface area contributed by atoms with Gasteiger partial charge in [0.15, 0.2) is 0 Å². The highest BCUT2D eigenvalue weighted by molar-refractivity contribution is 7.80. The summed E-state index contributed by atoms with van der Waals surface area (Å²) in [6.45, 7) is 2.05. The molecule has 1 aliphatic carbocycles. The number of aliphatic hydroxyl groups excluding tert-OH is 1. The lowest BCUT2D eigenvalue weighted by Gasteiger charge is -2.37. The standard InChI is InChI=1S/C16H24N2O2S/c1-20-15-10-12(6-7-14(15)16(17)21)11-18(8-3-9-19)13-4-2-5-13/h6-7,10,13,19H,2-5,8-9,11H2,1H3,(H2,17,21). The summed E-state index contributed by atoms with van der Waals surface area (Å²) in [7, 11) is 1.64.